The van der Waals surface area contributed by atoms with Crippen LogP contribution >= 0.6 is 0 Å². The Kier molecular flexibility index (Phi) is 7.56. The first-order chi connectivity index (χ1) is 14.7. The number of carbonyl (C=O) groups is 3. The molecule has 0 bridgehead atoms. The second-order valence-corrected chi connectivity index (χ2v) is 8.21. The standard InChI is InChI=1S/C22H28F3N3O3/c23-22(24,25)18-7-5-6-16(12-18)14-28-15-17(13-20(28)30)21(31)26-9-8-19(29)27-10-3-1-2-4-11-27/h5-7,12,17H,1-4,8-11,13-15H2,(H,26,31). The molecule has 1 aromatic carbocycles. The van der Waals surface area contributed by atoms with Crippen molar-refractivity contribution in [1.29, 1.82) is 0 Å². The zero-order valence-corrected chi connectivity index (χ0v) is 17.4. The maximum Gasteiger partial charge on any atom is 0.416 e. The van der Waals surface area contributed by atoms with E-state index in [0.717, 1.165) is 50.9 Å². The van der Waals surface area contributed by atoms with Gasteiger partial charge in [0.25, 0.3) is 0 Å². The molecule has 31 heavy (non-hydrogen) atoms. The molecule has 6 nitrogen and oxygen atoms in total. The molecule has 170 valence electrons. The van der Waals surface area contributed by atoms with E-state index in [9.17, 15) is 27.6 Å². The monoisotopic (exact) mass is 439 g/mol. The Labute approximate surface area is 179 Å². The highest BCUT2D eigenvalue weighted by Gasteiger charge is 2.35. The normalized spacial score (nSPS) is 20.0. The largest absolute Gasteiger partial charge is 0.416 e. The third-order valence-corrected chi connectivity index (χ3v) is 5.81. The van der Waals surface area contributed by atoms with Crippen LogP contribution in [0.4, 0.5) is 13.2 Å². The maximum absolute atomic E-state index is 12.9. The van der Waals surface area contributed by atoms with Crippen molar-refractivity contribution in [3.05, 3.63) is 35.4 Å². The number of hydrogen-bond acceptors (Lipinski definition) is 3. The van der Waals surface area contributed by atoms with E-state index in [2.05, 4.69) is 5.32 Å². The minimum atomic E-state index is -4.45. The Hall–Kier alpha value is -2.58. The molecule has 2 fully saturated rings. The molecule has 0 radical (unpaired) electrons. The number of hydrogen-bond donors (Lipinski definition) is 1. The number of amides is 3. The van der Waals surface area contributed by atoms with Crippen molar-refractivity contribution >= 4 is 17.7 Å². The van der Waals surface area contributed by atoms with Crippen molar-refractivity contribution in [2.45, 2.75) is 51.2 Å². The molecular formula is C22H28F3N3O3. The molecule has 2 saturated heterocycles. The number of carbonyl (C=O) groups excluding carboxylic acids is 3. The fourth-order valence-corrected chi connectivity index (χ4v) is 4.08. The van der Waals surface area contributed by atoms with Crippen molar-refractivity contribution in [2.24, 2.45) is 5.92 Å². The van der Waals surface area contributed by atoms with Crippen LogP contribution in [0.3, 0.4) is 0 Å². The van der Waals surface area contributed by atoms with Gasteiger partial charge in [-0.25, -0.2) is 0 Å². The molecule has 0 spiro atoms. The molecule has 1 N–H and O–H groups in total. The van der Waals surface area contributed by atoms with Gasteiger partial charge in [0.15, 0.2) is 0 Å². The predicted molar refractivity (Wildman–Crippen MR) is 108 cm³/mol. The van der Waals surface area contributed by atoms with E-state index >= 15 is 0 Å². The van der Waals surface area contributed by atoms with E-state index in [0.29, 0.717) is 5.56 Å². The highest BCUT2D eigenvalue weighted by atomic mass is 19.4. The van der Waals surface area contributed by atoms with Crippen LogP contribution in [-0.4, -0.2) is 53.7 Å². The smallest absolute Gasteiger partial charge is 0.355 e. The van der Waals surface area contributed by atoms with Gasteiger partial charge in [-0.05, 0) is 30.5 Å². The average Bonchev–Trinajstić information content (AvgIpc) is 2.92. The topological polar surface area (TPSA) is 69.7 Å². The van der Waals surface area contributed by atoms with Crippen molar-refractivity contribution in [3.8, 4) is 0 Å². The summed E-state index contributed by atoms with van der Waals surface area (Å²) in [4.78, 5) is 40.2. The Morgan fingerprint density at radius 1 is 1.10 bits per heavy atom. The highest BCUT2D eigenvalue weighted by Crippen LogP contribution is 2.30. The maximum atomic E-state index is 12.9. The fourth-order valence-electron chi connectivity index (χ4n) is 4.08. The van der Waals surface area contributed by atoms with E-state index in [-0.39, 0.29) is 50.2 Å². The van der Waals surface area contributed by atoms with E-state index in [1.54, 1.807) is 0 Å². The summed E-state index contributed by atoms with van der Waals surface area (Å²) in [5.74, 6) is -1.11. The van der Waals surface area contributed by atoms with E-state index in [1.165, 1.54) is 17.0 Å². The molecular weight excluding hydrogens is 411 g/mol. The summed E-state index contributed by atoms with van der Waals surface area (Å²) < 4.78 is 38.6. The summed E-state index contributed by atoms with van der Waals surface area (Å²) in [7, 11) is 0. The summed E-state index contributed by atoms with van der Waals surface area (Å²) >= 11 is 0. The first-order valence-electron chi connectivity index (χ1n) is 10.7. The molecule has 2 aliphatic rings. The Balaban J connectivity index is 1.46. The number of rotatable bonds is 6. The van der Waals surface area contributed by atoms with Crippen LogP contribution in [0.1, 0.15) is 49.7 Å². The Morgan fingerprint density at radius 2 is 1.81 bits per heavy atom. The van der Waals surface area contributed by atoms with Crippen LogP contribution in [0.5, 0.6) is 0 Å². The van der Waals surface area contributed by atoms with Crippen LogP contribution in [0.15, 0.2) is 24.3 Å². The number of halogens is 3. The van der Waals surface area contributed by atoms with Gasteiger partial charge in [-0.3, -0.25) is 14.4 Å². The molecule has 2 aliphatic heterocycles. The molecule has 1 aromatic rings. The van der Waals surface area contributed by atoms with Gasteiger partial charge in [-0.15, -0.1) is 0 Å². The first-order valence-corrected chi connectivity index (χ1v) is 10.7. The number of nitrogens with one attached hydrogen (secondary N) is 1. The molecule has 3 amide bonds. The van der Waals surface area contributed by atoms with Crippen molar-refractivity contribution in [1.82, 2.24) is 15.1 Å². The lowest BCUT2D eigenvalue weighted by Gasteiger charge is -2.20. The molecule has 1 atom stereocenters. The third-order valence-electron chi connectivity index (χ3n) is 5.81. The average molecular weight is 439 g/mol. The molecule has 1 unspecified atom stereocenters. The van der Waals surface area contributed by atoms with Crippen LogP contribution in [0.25, 0.3) is 0 Å². The van der Waals surface area contributed by atoms with Crippen LogP contribution in [0, 0.1) is 5.92 Å². The van der Waals surface area contributed by atoms with Gasteiger partial charge in [0, 0.05) is 45.6 Å². The number of benzene rings is 1. The van der Waals surface area contributed by atoms with Gasteiger partial charge >= 0.3 is 6.18 Å². The van der Waals surface area contributed by atoms with E-state index < -0.39 is 17.7 Å². The Morgan fingerprint density at radius 3 is 2.48 bits per heavy atom. The minimum absolute atomic E-state index is 0.0187. The minimum Gasteiger partial charge on any atom is -0.355 e. The number of alkyl halides is 3. The summed E-state index contributed by atoms with van der Waals surface area (Å²) in [6.07, 6.45) is 0.0673. The SMILES string of the molecule is O=C(NCCC(=O)N1CCCCCC1)C1CC(=O)N(Cc2cccc(C(F)(F)F)c2)C1. The predicted octanol–water partition coefficient (Wildman–Crippen LogP) is 2.96. The number of likely N-dealkylation sites (tertiary alicyclic amines) is 2. The molecule has 2 heterocycles. The lowest BCUT2D eigenvalue weighted by Crippen LogP contribution is -2.37. The molecule has 0 aromatic heterocycles. The summed E-state index contributed by atoms with van der Waals surface area (Å²) in [6.45, 7) is 1.91. The lowest BCUT2D eigenvalue weighted by atomic mass is 10.1. The zero-order chi connectivity index (χ0) is 22.4. The quantitative estimate of drug-likeness (QED) is 0.741. The van der Waals surface area contributed by atoms with E-state index in [4.69, 9.17) is 0 Å². The van der Waals surface area contributed by atoms with Crippen molar-refractivity contribution < 1.29 is 27.6 Å². The van der Waals surface area contributed by atoms with Crippen LogP contribution < -0.4 is 5.32 Å². The fraction of sp³-hybridized carbons (Fsp3) is 0.591. The van der Waals surface area contributed by atoms with Gasteiger partial charge in [-0.1, -0.05) is 25.0 Å². The second-order valence-electron chi connectivity index (χ2n) is 8.21. The van der Waals surface area contributed by atoms with Crippen molar-refractivity contribution in [3.63, 3.8) is 0 Å². The van der Waals surface area contributed by atoms with Gasteiger partial charge in [0.05, 0.1) is 11.5 Å². The lowest BCUT2D eigenvalue weighted by molar-refractivity contribution is -0.137. The van der Waals surface area contributed by atoms with Gasteiger partial charge < -0.3 is 15.1 Å². The summed E-state index contributed by atoms with van der Waals surface area (Å²) in [5.41, 5.74) is -0.396. The molecule has 0 aliphatic carbocycles. The highest BCUT2D eigenvalue weighted by molar-refractivity contribution is 5.89. The summed E-state index contributed by atoms with van der Waals surface area (Å²) in [6, 6.07) is 4.85. The first kappa shape index (κ1) is 23.1. The molecule has 3 rings (SSSR count). The number of nitrogens with zero attached hydrogens (tertiary/aromatic N) is 2. The third kappa shape index (κ3) is 6.45. The van der Waals surface area contributed by atoms with Gasteiger partial charge in [0.1, 0.15) is 0 Å². The van der Waals surface area contributed by atoms with Crippen molar-refractivity contribution in [2.75, 3.05) is 26.2 Å². The van der Waals surface area contributed by atoms with Gasteiger partial charge in [0.2, 0.25) is 17.7 Å². The second kappa shape index (κ2) is 10.2. The van der Waals surface area contributed by atoms with E-state index in [1.807, 2.05) is 4.90 Å². The molecule has 0 saturated carbocycles. The Bertz CT molecular complexity index is 805. The summed E-state index contributed by atoms with van der Waals surface area (Å²) in [5, 5.41) is 2.73. The van der Waals surface area contributed by atoms with Crippen LogP contribution in [0.2, 0.25) is 0 Å². The molecule has 9 heteroatoms. The zero-order valence-electron chi connectivity index (χ0n) is 17.4. The van der Waals surface area contributed by atoms with Gasteiger partial charge in [-0.2, -0.15) is 13.2 Å². The van der Waals surface area contributed by atoms with Crippen LogP contribution in [-0.2, 0) is 27.1 Å².